The number of hydrogen-bond donors (Lipinski definition) is 2. The summed E-state index contributed by atoms with van der Waals surface area (Å²) >= 11 is 0. The lowest BCUT2D eigenvalue weighted by molar-refractivity contribution is -0.129. The topological polar surface area (TPSA) is 55.1 Å². The van der Waals surface area contributed by atoms with E-state index in [1.165, 1.54) is 5.56 Å². The van der Waals surface area contributed by atoms with Gasteiger partial charge in [0.2, 0.25) is 5.91 Å². The van der Waals surface area contributed by atoms with E-state index >= 15 is 0 Å². The third-order valence-electron chi connectivity index (χ3n) is 4.01. The Bertz CT molecular complexity index is 385. The first-order chi connectivity index (χ1) is 9.03. The van der Waals surface area contributed by atoms with Crippen LogP contribution in [0.3, 0.4) is 0 Å². The Labute approximate surface area is 116 Å². The first-order valence-electron chi connectivity index (χ1n) is 7.07. The minimum absolute atomic E-state index is 0.0674. The molecule has 0 aliphatic carbocycles. The Morgan fingerprint density at radius 1 is 1.37 bits per heavy atom. The third kappa shape index (κ3) is 4.35. The molecule has 3 N–H and O–H groups in total. The molecule has 0 aliphatic heterocycles. The van der Waals surface area contributed by atoms with Gasteiger partial charge in [0.25, 0.3) is 0 Å². The Morgan fingerprint density at radius 3 is 2.53 bits per heavy atom. The summed E-state index contributed by atoms with van der Waals surface area (Å²) < 4.78 is 0. The van der Waals surface area contributed by atoms with Gasteiger partial charge in [0.15, 0.2) is 0 Å². The quantitative estimate of drug-likeness (QED) is 0.793. The highest BCUT2D eigenvalue weighted by molar-refractivity contribution is 5.82. The lowest BCUT2D eigenvalue weighted by Gasteiger charge is -2.25. The van der Waals surface area contributed by atoms with Crippen LogP contribution in [0.1, 0.15) is 45.1 Å². The van der Waals surface area contributed by atoms with Gasteiger partial charge in [-0.15, -0.1) is 0 Å². The fourth-order valence-electron chi connectivity index (χ4n) is 1.96. The van der Waals surface area contributed by atoms with Crippen molar-refractivity contribution >= 4 is 5.91 Å². The van der Waals surface area contributed by atoms with E-state index in [0.29, 0.717) is 19.0 Å². The van der Waals surface area contributed by atoms with Crippen LogP contribution in [0, 0.1) is 5.41 Å². The Morgan fingerprint density at radius 2 is 2.00 bits per heavy atom. The highest BCUT2D eigenvalue weighted by atomic mass is 16.2. The van der Waals surface area contributed by atoms with Gasteiger partial charge in [-0.1, -0.05) is 44.2 Å². The number of benzene rings is 1. The molecule has 19 heavy (non-hydrogen) atoms. The second-order valence-corrected chi connectivity index (χ2v) is 5.47. The van der Waals surface area contributed by atoms with Crippen molar-refractivity contribution in [2.75, 3.05) is 13.1 Å². The fourth-order valence-corrected chi connectivity index (χ4v) is 1.96. The first-order valence-corrected chi connectivity index (χ1v) is 7.07. The molecule has 3 nitrogen and oxygen atoms in total. The molecule has 1 rings (SSSR count). The van der Waals surface area contributed by atoms with Crippen LogP contribution in [0.2, 0.25) is 0 Å². The monoisotopic (exact) mass is 262 g/mol. The number of hydrogen-bond acceptors (Lipinski definition) is 2. The van der Waals surface area contributed by atoms with Gasteiger partial charge in [0, 0.05) is 13.1 Å². The molecular weight excluding hydrogens is 236 g/mol. The van der Waals surface area contributed by atoms with Crippen LogP contribution in [0.4, 0.5) is 0 Å². The van der Waals surface area contributed by atoms with Crippen molar-refractivity contribution in [3.05, 3.63) is 35.9 Å². The maximum atomic E-state index is 12.1. The second kappa shape index (κ2) is 7.29. The summed E-state index contributed by atoms with van der Waals surface area (Å²) in [6.07, 6.45) is 1.71. The number of nitrogens with two attached hydrogens (primary N) is 1. The molecule has 0 saturated carbocycles. The predicted molar refractivity (Wildman–Crippen MR) is 79.9 cm³/mol. The molecule has 2 unspecified atom stereocenters. The summed E-state index contributed by atoms with van der Waals surface area (Å²) in [5, 5.41) is 3.01. The van der Waals surface area contributed by atoms with E-state index in [-0.39, 0.29) is 5.91 Å². The van der Waals surface area contributed by atoms with Crippen LogP contribution in [0.15, 0.2) is 30.3 Å². The number of rotatable bonds is 7. The SMILES string of the molecule is CCC(C)(CN)C(=O)NCCC(C)c1ccccc1. The number of nitrogens with one attached hydrogen (secondary N) is 1. The lowest BCUT2D eigenvalue weighted by Crippen LogP contribution is -2.43. The van der Waals surface area contributed by atoms with Crippen LogP contribution < -0.4 is 11.1 Å². The zero-order chi connectivity index (χ0) is 14.3. The van der Waals surface area contributed by atoms with E-state index in [4.69, 9.17) is 5.73 Å². The largest absolute Gasteiger partial charge is 0.356 e. The standard InChI is InChI=1S/C16H26N2O/c1-4-16(3,12-17)15(19)18-11-10-13(2)14-8-6-5-7-9-14/h5-9,13H,4,10-12,17H2,1-3H3,(H,18,19). The molecule has 0 aromatic heterocycles. The van der Waals surface area contributed by atoms with Gasteiger partial charge < -0.3 is 11.1 Å². The zero-order valence-electron chi connectivity index (χ0n) is 12.3. The molecule has 0 spiro atoms. The third-order valence-corrected chi connectivity index (χ3v) is 4.01. The van der Waals surface area contributed by atoms with E-state index in [9.17, 15) is 4.79 Å². The van der Waals surface area contributed by atoms with Crippen molar-refractivity contribution < 1.29 is 4.79 Å². The molecule has 0 heterocycles. The summed E-state index contributed by atoms with van der Waals surface area (Å²) in [6.45, 7) is 7.19. The van der Waals surface area contributed by atoms with E-state index in [2.05, 4.69) is 24.4 Å². The van der Waals surface area contributed by atoms with E-state index < -0.39 is 5.41 Å². The number of carbonyl (C=O) groups excluding carboxylic acids is 1. The highest BCUT2D eigenvalue weighted by Gasteiger charge is 2.29. The van der Waals surface area contributed by atoms with Crippen LogP contribution in [-0.2, 0) is 4.79 Å². The predicted octanol–water partition coefficient (Wildman–Crippen LogP) is 2.67. The Hall–Kier alpha value is -1.35. The Balaban J connectivity index is 2.40. The molecule has 0 saturated heterocycles. The fraction of sp³-hybridized carbons (Fsp3) is 0.562. The lowest BCUT2D eigenvalue weighted by atomic mass is 9.86. The molecule has 106 valence electrons. The maximum absolute atomic E-state index is 12.1. The molecule has 0 aliphatic rings. The smallest absolute Gasteiger partial charge is 0.227 e. The minimum atomic E-state index is -0.435. The summed E-state index contributed by atoms with van der Waals surface area (Å²) in [5.41, 5.74) is 6.56. The van der Waals surface area contributed by atoms with Gasteiger partial charge in [-0.2, -0.15) is 0 Å². The minimum Gasteiger partial charge on any atom is -0.356 e. The molecule has 0 fully saturated rings. The van der Waals surface area contributed by atoms with Gasteiger partial charge in [-0.25, -0.2) is 0 Å². The Kier molecular flexibility index (Phi) is 6.03. The highest BCUT2D eigenvalue weighted by Crippen LogP contribution is 2.20. The number of carbonyl (C=O) groups is 1. The summed E-state index contributed by atoms with van der Waals surface area (Å²) in [4.78, 5) is 12.1. The summed E-state index contributed by atoms with van der Waals surface area (Å²) in [7, 11) is 0. The van der Waals surface area contributed by atoms with Crippen molar-refractivity contribution in [2.24, 2.45) is 11.1 Å². The molecule has 2 atom stereocenters. The van der Waals surface area contributed by atoms with Crippen molar-refractivity contribution in [2.45, 2.75) is 39.5 Å². The molecule has 1 aromatic carbocycles. The van der Waals surface area contributed by atoms with Gasteiger partial charge in [-0.05, 0) is 31.2 Å². The molecule has 1 amide bonds. The van der Waals surface area contributed by atoms with Gasteiger partial charge in [-0.3, -0.25) is 4.79 Å². The average molecular weight is 262 g/mol. The van der Waals surface area contributed by atoms with Crippen LogP contribution in [-0.4, -0.2) is 19.0 Å². The van der Waals surface area contributed by atoms with Crippen LogP contribution in [0.25, 0.3) is 0 Å². The van der Waals surface area contributed by atoms with Crippen molar-refractivity contribution in [3.63, 3.8) is 0 Å². The maximum Gasteiger partial charge on any atom is 0.227 e. The second-order valence-electron chi connectivity index (χ2n) is 5.47. The zero-order valence-corrected chi connectivity index (χ0v) is 12.3. The van der Waals surface area contributed by atoms with Crippen LogP contribution >= 0.6 is 0 Å². The molecule has 0 radical (unpaired) electrons. The molecule has 3 heteroatoms. The van der Waals surface area contributed by atoms with Gasteiger partial charge >= 0.3 is 0 Å². The summed E-state index contributed by atoms with van der Waals surface area (Å²) in [5.74, 6) is 0.519. The van der Waals surface area contributed by atoms with Crippen molar-refractivity contribution in [1.82, 2.24) is 5.32 Å². The van der Waals surface area contributed by atoms with Crippen LogP contribution in [0.5, 0.6) is 0 Å². The van der Waals surface area contributed by atoms with Gasteiger partial charge in [0.05, 0.1) is 5.41 Å². The van der Waals surface area contributed by atoms with Gasteiger partial charge in [0.1, 0.15) is 0 Å². The summed E-state index contributed by atoms with van der Waals surface area (Å²) in [6, 6.07) is 10.4. The molecular formula is C16H26N2O. The molecule has 0 bridgehead atoms. The average Bonchev–Trinajstić information content (AvgIpc) is 2.47. The molecule has 1 aromatic rings. The van der Waals surface area contributed by atoms with E-state index in [1.807, 2.05) is 32.0 Å². The van der Waals surface area contributed by atoms with E-state index in [1.54, 1.807) is 0 Å². The van der Waals surface area contributed by atoms with Crippen molar-refractivity contribution in [1.29, 1.82) is 0 Å². The van der Waals surface area contributed by atoms with Crippen molar-refractivity contribution in [3.8, 4) is 0 Å². The van der Waals surface area contributed by atoms with E-state index in [0.717, 1.165) is 12.8 Å². The number of amides is 1. The normalized spacial score (nSPS) is 15.6. The first kappa shape index (κ1) is 15.7.